The van der Waals surface area contributed by atoms with Crippen molar-refractivity contribution >= 4 is 33.9 Å². The summed E-state index contributed by atoms with van der Waals surface area (Å²) in [4.78, 5) is 0. The van der Waals surface area contributed by atoms with Crippen LogP contribution in [0.15, 0.2) is 35.7 Å². The van der Waals surface area contributed by atoms with Gasteiger partial charge in [0.2, 0.25) is 0 Å². The van der Waals surface area contributed by atoms with Crippen molar-refractivity contribution in [3.05, 3.63) is 55.3 Å². The molecule has 3 heteroatoms. The lowest BCUT2D eigenvalue weighted by Gasteiger charge is -2.17. The molecule has 1 aromatic heterocycles. The van der Waals surface area contributed by atoms with Crippen molar-refractivity contribution in [3.63, 3.8) is 0 Å². The number of thiophene rings is 1. The minimum absolute atomic E-state index is 0.421. The lowest BCUT2D eigenvalue weighted by Crippen LogP contribution is -2.22. The molecule has 0 spiro atoms. The molecule has 0 fully saturated rings. The van der Waals surface area contributed by atoms with Gasteiger partial charge in [0.15, 0.2) is 0 Å². The van der Waals surface area contributed by atoms with Gasteiger partial charge >= 0.3 is 0 Å². The molecular weight excluding hydrogens is 377 g/mol. The molecule has 1 atom stereocenters. The SMILES string of the molecule is CCNC(Cc1ccc(C(C)C)cc1)c1csc(I)c1. The summed E-state index contributed by atoms with van der Waals surface area (Å²) in [6.45, 7) is 7.65. The molecule has 1 nitrogen and oxygen atoms in total. The van der Waals surface area contributed by atoms with E-state index in [-0.39, 0.29) is 0 Å². The lowest BCUT2D eigenvalue weighted by molar-refractivity contribution is 0.551. The summed E-state index contributed by atoms with van der Waals surface area (Å²) in [6, 6.07) is 11.8. The Bertz CT molecular complexity index is 530. The van der Waals surface area contributed by atoms with E-state index in [9.17, 15) is 0 Å². The molecule has 0 aliphatic rings. The number of nitrogens with one attached hydrogen (secondary N) is 1. The molecule has 1 unspecified atom stereocenters. The second-order valence-corrected chi connectivity index (χ2v) is 8.20. The van der Waals surface area contributed by atoms with Crippen LogP contribution in [-0.2, 0) is 6.42 Å². The van der Waals surface area contributed by atoms with Crippen molar-refractivity contribution in [1.29, 1.82) is 0 Å². The van der Waals surface area contributed by atoms with Crippen LogP contribution in [0.3, 0.4) is 0 Å². The van der Waals surface area contributed by atoms with Crippen LogP contribution in [0.4, 0.5) is 0 Å². The Hall–Kier alpha value is -0.390. The predicted octanol–water partition coefficient (Wildman–Crippen LogP) is 5.37. The summed E-state index contributed by atoms with van der Waals surface area (Å²) >= 11 is 4.22. The van der Waals surface area contributed by atoms with Crippen LogP contribution < -0.4 is 5.32 Å². The first kappa shape index (κ1) is 16.0. The van der Waals surface area contributed by atoms with Crippen molar-refractivity contribution in [3.8, 4) is 0 Å². The number of halogens is 1. The summed E-state index contributed by atoms with van der Waals surface area (Å²) < 4.78 is 1.36. The highest BCUT2D eigenvalue weighted by atomic mass is 127. The van der Waals surface area contributed by atoms with Gasteiger partial charge in [-0.15, -0.1) is 11.3 Å². The third-order valence-electron chi connectivity index (χ3n) is 3.53. The number of hydrogen-bond donors (Lipinski definition) is 1. The van der Waals surface area contributed by atoms with Gasteiger partial charge in [0.05, 0.1) is 2.88 Å². The van der Waals surface area contributed by atoms with Crippen LogP contribution in [0.5, 0.6) is 0 Å². The Morgan fingerprint density at radius 3 is 2.35 bits per heavy atom. The molecule has 0 aliphatic carbocycles. The maximum atomic E-state index is 3.60. The van der Waals surface area contributed by atoms with Crippen LogP contribution in [0.25, 0.3) is 0 Å². The van der Waals surface area contributed by atoms with Gasteiger partial charge < -0.3 is 5.32 Å². The second-order valence-electron chi connectivity index (χ2n) is 5.39. The smallest absolute Gasteiger partial charge is 0.0656 e. The highest BCUT2D eigenvalue weighted by Gasteiger charge is 2.13. The van der Waals surface area contributed by atoms with E-state index in [2.05, 4.69) is 84.4 Å². The summed E-state index contributed by atoms with van der Waals surface area (Å²) in [6.07, 6.45) is 1.05. The van der Waals surface area contributed by atoms with Gasteiger partial charge in [-0.2, -0.15) is 0 Å². The van der Waals surface area contributed by atoms with E-state index in [1.165, 1.54) is 19.6 Å². The summed E-state index contributed by atoms with van der Waals surface area (Å²) in [5.74, 6) is 0.604. The Morgan fingerprint density at radius 1 is 1.15 bits per heavy atom. The zero-order valence-corrected chi connectivity index (χ0v) is 15.3. The minimum Gasteiger partial charge on any atom is -0.310 e. The van der Waals surface area contributed by atoms with Crippen LogP contribution in [0, 0.1) is 2.88 Å². The number of rotatable bonds is 6. The Kier molecular flexibility index (Phi) is 6.05. The van der Waals surface area contributed by atoms with Gasteiger partial charge in [-0.3, -0.25) is 0 Å². The molecular formula is C17H22INS. The van der Waals surface area contributed by atoms with E-state index in [0.717, 1.165) is 13.0 Å². The molecule has 0 saturated heterocycles. The van der Waals surface area contributed by atoms with Crippen LogP contribution in [0.2, 0.25) is 0 Å². The first-order chi connectivity index (χ1) is 9.60. The van der Waals surface area contributed by atoms with Crippen molar-refractivity contribution in [2.24, 2.45) is 0 Å². The van der Waals surface area contributed by atoms with Crippen molar-refractivity contribution in [2.75, 3.05) is 6.54 Å². The average molecular weight is 399 g/mol. The molecule has 20 heavy (non-hydrogen) atoms. The first-order valence-electron chi connectivity index (χ1n) is 7.16. The zero-order valence-electron chi connectivity index (χ0n) is 12.3. The van der Waals surface area contributed by atoms with Crippen molar-refractivity contribution in [1.82, 2.24) is 5.32 Å². The Balaban J connectivity index is 2.11. The minimum atomic E-state index is 0.421. The third kappa shape index (κ3) is 4.30. The van der Waals surface area contributed by atoms with Gasteiger partial charge in [-0.25, -0.2) is 0 Å². The second kappa shape index (κ2) is 7.57. The summed E-state index contributed by atoms with van der Waals surface area (Å²) in [5, 5.41) is 5.88. The fraction of sp³-hybridized carbons (Fsp3) is 0.412. The first-order valence-corrected chi connectivity index (χ1v) is 9.12. The quantitative estimate of drug-likeness (QED) is 0.644. The van der Waals surface area contributed by atoms with Crippen LogP contribution in [-0.4, -0.2) is 6.54 Å². The van der Waals surface area contributed by atoms with E-state index in [0.29, 0.717) is 12.0 Å². The number of benzene rings is 1. The maximum Gasteiger partial charge on any atom is 0.0656 e. The van der Waals surface area contributed by atoms with Crippen LogP contribution in [0.1, 0.15) is 49.4 Å². The normalized spacial score (nSPS) is 12.8. The van der Waals surface area contributed by atoms with E-state index < -0.39 is 0 Å². The number of hydrogen-bond acceptors (Lipinski definition) is 2. The van der Waals surface area contributed by atoms with E-state index in [1.807, 2.05) is 11.3 Å². The Labute approximate surface area is 139 Å². The fourth-order valence-electron chi connectivity index (χ4n) is 2.33. The van der Waals surface area contributed by atoms with Crippen molar-refractivity contribution < 1.29 is 0 Å². The lowest BCUT2D eigenvalue weighted by atomic mass is 9.97. The summed E-state index contributed by atoms with van der Waals surface area (Å²) in [5.41, 5.74) is 4.23. The largest absolute Gasteiger partial charge is 0.310 e. The molecule has 0 amide bonds. The molecule has 108 valence electrons. The zero-order chi connectivity index (χ0) is 14.5. The topological polar surface area (TPSA) is 12.0 Å². The molecule has 1 heterocycles. The van der Waals surface area contributed by atoms with E-state index >= 15 is 0 Å². The molecule has 0 saturated carbocycles. The third-order valence-corrected chi connectivity index (χ3v) is 5.33. The van der Waals surface area contributed by atoms with E-state index in [1.54, 1.807) is 0 Å². The van der Waals surface area contributed by atoms with E-state index in [4.69, 9.17) is 0 Å². The molecule has 2 aromatic rings. The van der Waals surface area contributed by atoms with Gasteiger partial charge in [-0.1, -0.05) is 45.0 Å². The van der Waals surface area contributed by atoms with Gasteiger partial charge in [0.25, 0.3) is 0 Å². The molecule has 0 aliphatic heterocycles. The maximum absolute atomic E-state index is 3.60. The fourth-order valence-corrected chi connectivity index (χ4v) is 3.76. The van der Waals surface area contributed by atoms with Gasteiger partial charge in [0, 0.05) is 6.04 Å². The standard InChI is InChI=1S/C17H22INS/c1-4-19-16(15-10-17(18)20-11-15)9-13-5-7-14(8-6-13)12(2)3/h5-8,10-12,16,19H,4,9H2,1-3H3. The predicted molar refractivity (Wildman–Crippen MR) is 97.7 cm³/mol. The molecule has 0 radical (unpaired) electrons. The van der Waals surface area contributed by atoms with Gasteiger partial charge in [-0.05, 0) is 69.6 Å². The molecule has 1 aromatic carbocycles. The van der Waals surface area contributed by atoms with Gasteiger partial charge in [0.1, 0.15) is 0 Å². The Morgan fingerprint density at radius 2 is 1.85 bits per heavy atom. The average Bonchev–Trinajstić information content (AvgIpc) is 2.85. The van der Waals surface area contributed by atoms with Crippen LogP contribution >= 0.6 is 33.9 Å². The molecule has 2 rings (SSSR count). The molecule has 1 N–H and O–H groups in total. The highest BCUT2D eigenvalue weighted by Crippen LogP contribution is 2.25. The molecule has 0 bridgehead atoms. The highest BCUT2D eigenvalue weighted by molar-refractivity contribution is 14.1. The summed E-state index contributed by atoms with van der Waals surface area (Å²) in [7, 11) is 0. The number of likely N-dealkylation sites (N-methyl/N-ethyl adjacent to an activating group) is 1. The monoisotopic (exact) mass is 399 g/mol. The van der Waals surface area contributed by atoms with Crippen molar-refractivity contribution in [2.45, 2.75) is 39.2 Å².